The number of anilines is 1. The van der Waals surface area contributed by atoms with Crippen LogP contribution in [0.1, 0.15) is 0 Å². The van der Waals surface area contributed by atoms with Crippen molar-refractivity contribution in [3.8, 4) is 0 Å². The number of halogens is 7. The van der Waals surface area contributed by atoms with Crippen LogP contribution in [0.3, 0.4) is 0 Å². The highest BCUT2D eigenvalue weighted by molar-refractivity contribution is 9.18. The zero-order valence-corrected chi connectivity index (χ0v) is 11.6. The highest BCUT2D eigenvalue weighted by Crippen LogP contribution is 2.34. The van der Waals surface area contributed by atoms with Crippen LogP contribution in [0.15, 0.2) is 17.2 Å². The first-order chi connectivity index (χ1) is 7.71. The maximum absolute atomic E-state index is 12.1. The van der Waals surface area contributed by atoms with Gasteiger partial charge in [-0.15, -0.1) is 0 Å². The first-order valence-electron chi connectivity index (χ1n) is 3.92. The maximum atomic E-state index is 12.1. The van der Waals surface area contributed by atoms with E-state index in [2.05, 4.69) is 26.5 Å². The minimum atomic E-state index is -4.58. The molecule has 1 rings (SSSR count). The molecular formula is C8H3BrCl3F3N2. The fourth-order valence-electron chi connectivity index (χ4n) is 0.817. The van der Waals surface area contributed by atoms with Crippen LogP contribution in [0.2, 0.25) is 15.1 Å². The van der Waals surface area contributed by atoms with Crippen LogP contribution in [-0.4, -0.2) is 10.8 Å². The van der Waals surface area contributed by atoms with Crippen molar-refractivity contribution in [1.29, 1.82) is 0 Å². The van der Waals surface area contributed by atoms with Gasteiger partial charge in [0.2, 0.25) is 4.62 Å². The summed E-state index contributed by atoms with van der Waals surface area (Å²) >= 11 is 19.4. The largest absolute Gasteiger partial charge is 0.441 e. The van der Waals surface area contributed by atoms with E-state index in [4.69, 9.17) is 34.8 Å². The molecule has 0 unspecified atom stereocenters. The second kappa shape index (κ2) is 5.65. The molecule has 0 heterocycles. The molecule has 0 aliphatic heterocycles. The number of alkyl halides is 3. The Labute approximate surface area is 118 Å². The van der Waals surface area contributed by atoms with Crippen molar-refractivity contribution in [2.45, 2.75) is 6.18 Å². The summed E-state index contributed by atoms with van der Waals surface area (Å²) in [5, 5.41) is 3.46. The lowest BCUT2D eigenvalue weighted by Gasteiger charge is -2.08. The molecule has 17 heavy (non-hydrogen) atoms. The van der Waals surface area contributed by atoms with E-state index in [9.17, 15) is 13.2 Å². The van der Waals surface area contributed by atoms with Crippen LogP contribution in [0, 0.1) is 0 Å². The highest BCUT2D eigenvalue weighted by Gasteiger charge is 2.34. The predicted molar refractivity (Wildman–Crippen MR) is 67.5 cm³/mol. The van der Waals surface area contributed by atoms with Crippen LogP contribution in [0.5, 0.6) is 0 Å². The summed E-state index contributed by atoms with van der Waals surface area (Å²) in [6, 6.07) is 2.66. The standard InChI is InChI=1S/C8H3BrCl3F3N2/c9-7(8(13,14)15)17-16-6-4(11)1-3(10)2-5(6)12/h1-2,16H/b17-7+. The summed E-state index contributed by atoms with van der Waals surface area (Å²) in [6.07, 6.45) is -4.58. The van der Waals surface area contributed by atoms with E-state index in [1.54, 1.807) is 0 Å². The van der Waals surface area contributed by atoms with Gasteiger partial charge in [0.05, 0.1) is 15.7 Å². The predicted octanol–water partition coefficient (Wildman–Crippen LogP) is 5.33. The van der Waals surface area contributed by atoms with Gasteiger partial charge >= 0.3 is 6.18 Å². The Balaban J connectivity index is 2.98. The van der Waals surface area contributed by atoms with Gasteiger partial charge in [-0.2, -0.15) is 18.3 Å². The van der Waals surface area contributed by atoms with Gasteiger partial charge in [0.1, 0.15) is 0 Å². The Kier molecular flexibility index (Phi) is 4.95. The maximum Gasteiger partial charge on any atom is 0.441 e. The van der Waals surface area contributed by atoms with Gasteiger partial charge < -0.3 is 0 Å². The van der Waals surface area contributed by atoms with E-state index in [-0.39, 0.29) is 20.8 Å². The number of hydrazone groups is 1. The zero-order chi connectivity index (χ0) is 13.2. The molecule has 0 amide bonds. The summed E-state index contributed by atoms with van der Waals surface area (Å²) in [5.41, 5.74) is 2.15. The van der Waals surface area contributed by atoms with Gasteiger partial charge in [-0.3, -0.25) is 5.43 Å². The van der Waals surface area contributed by atoms with Gasteiger partial charge in [-0.05, 0) is 28.1 Å². The van der Waals surface area contributed by atoms with E-state index in [1.165, 1.54) is 12.1 Å². The zero-order valence-electron chi connectivity index (χ0n) is 7.75. The Morgan fingerprint density at radius 3 is 2.06 bits per heavy atom. The lowest BCUT2D eigenvalue weighted by molar-refractivity contribution is -0.0551. The molecule has 0 bridgehead atoms. The third kappa shape index (κ3) is 4.21. The summed E-state index contributed by atoms with van der Waals surface area (Å²) in [5.74, 6) is 0. The molecule has 0 aliphatic carbocycles. The monoisotopic (exact) mass is 368 g/mol. The molecule has 2 nitrogen and oxygen atoms in total. The fraction of sp³-hybridized carbons (Fsp3) is 0.125. The van der Waals surface area contributed by atoms with Gasteiger partial charge in [-0.25, -0.2) is 0 Å². The fourth-order valence-corrected chi connectivity index (χ4v) is 1.81. The van der Waals surface area contributed by atoms with E-state index >= 15 is 0 Å². The summed E-state index contributed by atoms with van der Waals surface area (Å²) in [7, 11) is 0. The lowest BCUT2D eigenvalue weighted by atomic mass is 10.3. The third-order valence-corrected chi connectivity index (χ3v) is 2.95. The SMILES string of the molecule is FC(F)(F)/C(Br)=N\Nc1c(Cl)cc(Cl)cc1Cl. The summed E-state index contributed by atoms with van der Waals surface area (Å²) in [6.45, 7) is 0. The number of hydrogen-bond acceptors (Lipinski definition) is 2. The van der Waals surface area contributed by atoms with E-state index in [0.717, 1.165) is 0 Å². The molecule has 0 aromatic heterocycles. The van der Waals surface area contributed by atoms with Gasteiger partial charge in [0, 0.05) is 5.02 Å². The van der Waals surface area contributed by atoms with E-state index < -0.39 is 10.8 Å². The molecule has 9 heteroatoms. The van der Waals surface area contributed by atoms with Gasteiger partial charge in [0.15, 0.2) is 0 Å². The lowest BCUT2D eigenvalue weighted by Crippen LogP contribution is -2.18. The summed E-state index contributed by atoms with van der Waals surface area (Å²) in [4.78, 5) is 0. The molecule has 1 aromatic rings. The Hall–Kier alpha value is -0.170. The molecule has 0 fully saturated rings. The van der Waals surface area contributed by atoms with Crippen molar-refractivity contribution in [3.05, 3.63) is 27.2 Å². The van der Waals surface area contributed by atoms with Crippen molar-refractivity contribution in [2.24, 2.45) is 5.10 Å². The molecule has 0 aliphatic rings. The molecule has 0 spiro atoms. The Bertz CT molecular complexity index is 439. The van der Waals surface area contributed by atoms with Gasteiger partial charge in [0.25, 0.3) is 0 Å². The first-order valence-corrected chi connectivity index (χ1v) is 5.85. The average molecular weight is 370 g/mol. The minimum Gasteiger partial charge on any atom is -0.274 e. The molecule has 1 N–H and O–H groups in total. The van der Waals surface area contributed by atoms with Crippen molar-refractivity contribution in [1.82, 2.24) is 0 Å². The molecular weight excluding hydrogens is 367 g/mol. The van der Waals surface area contributed by atoms with Gasteiger partial charge in [-0.1, -0.05) is 34.8 Å². The van der Waals surface area contributed by atoms with E-state index in [0.29, 0.717) is 0 Å². The topological polar surface area (TPSA) is 24.4 Å². The van der Waals surface area contributed by atoms with Crippen LogP contribution in [0.4, 0.5) is 18.9 Å². The quantitative estimate of drug-likeness (QED) is 0.552. The normalized spacial score (nSPS) is 12.8. The van der Waals surface area contributed by atoms with Crippen molar-refractivity contribution in [3.63, 3.8) is 0 Å². The van der Waals surface area contributed by atoms with Crippen molar-refractivity contribution < 1.29 is 13.2 Å². The number of hydrogen-bond donors (Lipinski definition) is 1. The molecule has 0 radical (unpaired) electrons. The highest BCUT2D eigenvalue weighted by atomic mass is 79.9. The first kappa shape index (κ1) is 14.9. The van der Waals surface area contributed by atoms with Crippen LogP contribution in [-0.2, 0) is 0 Å². The second-order valence-electron chi connectivity index (χ2n) is 2.76. The third-order valence-electron chi connectivity index (χ3n) is 1.51. The number of nitrogens with zero attached hydrogens (tertiary/aromatic N) is 1. The average Bonchev–Trinajstić information content (AvgIpc) is 2.13. The van der Waals surface area contributed by atoms with Crippen molar-refractivity contribution in [2.75, 3.05) is 5.43 Å². The molecule has 0 saturated heterocycles. The smallest absolute Gasteiger partial charge is 0.274 e. The number of rotatable bonds is 2. The second-order valence-corrected chi connectivity index (χ2v) is 4.76. The van der Waals surface area contributed by atoms with E-state index in [1.807, 2.05) is 0 Å². The molecule has 0 saturated carbocycles. The minimum absolute atomic E-state index is 0.0407. The Morgan fingerprint density at radius 1 is 1.18 bits per heavy atom. The number of nitrogens with one attached hydrogen (secondary N) is 1. The van der Waals surface area contributed by atoms with Crippen LogP contribution < -0.4 is 5.43 Å². The molecule has 0 atom stereocenters. The Morgan fingerprint density at radius 2 is 1.65 bits per heavy atom. The van der Waals surface area contributed by atoms with Crippen LogP contribution >= 0.6 is 50.7 Å². The number of benzene rings is 1. The molecule has 94 valence electrons. The van der Waals surface area contributed by atoms with Crippen LogP contribution in [0.25, 0.3) is 0 Å². The summed E-state index contributed by atoms with van der Waals surface area (Å²) < 4.78 is 35.1. The molecule has 1 aromatic carbocycles. The van der Waals surface area contributed by atoms with Crippen molar-refractivity contribution >= 4 is 61.0 Å².